The monoisotopic (exact) mass is 406 g/mol. The lowest BCUT2D eigenvalue weighted by atomic mass is 10.2. The molecule has 4 rings (SSSR count). The van der Waals surface area contributed by atoms with Crippen molar-refractivity contribution in [3.63, 3.8) is 0 Å². The molecule has 2 aromatic heterocycles. The van der Waals surface area contributed by atoms with Crippen LogP contribution in [-0.4, -0.2) is 21.5 Å². The van der Waals surface area contributed by atoms with Crippen LogP contribution in [0.1, 0.15) is 13.8 Å². The highest BCUT2D eigenvalue weighted by Gasteiger charge is 2.19. The van der Waals surface area contributed by atoms with Crippen molar-refractivity contribution in [1.29, 1.82) is 0 Å². The fraction of sp³-hybridized carbons (Fsp3) is 0.182. The maximum Gasteiger partial charge on any atom is 0.0901 e. The van der Waals surface area contributed by atoms with Crippen molar-refractivity contribution < 1.29 is 0 Å². The maximum absolute atomic E-state index is 6.69. The Morgan fingerprint density at radius 2 is 1.18 bits per heavy atom. The maximum atomic E-state index is 6.69. The molecule has 2 N–H and O–H groups in total. The van der Waals surface area contributed by atoms with Crippen molar-refractivity contribution in [1.82, 2.24) is 9.97 Å². The van der Waals surface area contributed by atoms with Crippen molar-refractivity contribution in [2.45, 2.75) is 23.6 Å². The van der Waals surface area contributed by atoms with Gasteiger partial charge in [0.05, 0.1) is 34.8 Å². The first-order chi connectivity index (χ1) is 13.7. The van der Waals surface area contributed by atoms with Gasteiger partial charge in [-0.25, -0.2) is 5.84 Å². The molecular formula is C22H22N4S2. The Kier molecular flexibility index (Phi) is 5.71. The minimum absolute atomic E-state index is 0.903. The molecule has 0 atom stereocenters. The molecule has 0 saturated carbocycles. The van der Waals surface area contributed by atoms with E-state index in [9.17, 15) is 0 Å². The summed E-state index contributed by atoms with van der Waals surface area (Å²) in [6.45, 7) is 4.31. The van der Waals surface area contributed by atoms with Gasteiger partial charge in [0, 0.05) is 20.6 Å². The molecule has 0 bridgehead atoms. The third kappa shape index (κ3) is 3.43. The Hall–Kier alpha value is -2.28. The van der Waals surface area contributed by atoms with Crippen LogP contribution in [0, 0.1) is 0 Å². The molecule has 0 fully saturated rings. The summed E-state index contributed by atoms with van der Waals surface area (Å²) >= 11 is 3.58. The Morgan fingerprint density at radius 3 is 1.61 bits per heavy atom. The lowest BCUT2D eigenvalue weighted by Crippen LogP contribution is -2.26. The molecule has 0 amide bonds. The Bertz CT molecular complexity index is 1040. The number of hydrogen-bond acceptors (Lipinski definition) is 6. The number of hydrogen-bond donors (Lipinski definition) is 1. The van der Waals surface area contributed by atoms with E-state index in [1.165, 1.54) is 0 Å². The second-order valence-corrected chi connectivity index (χ2v) is 8.76. The van der Waals surface area contributed by atoms with Crippen LogP contribution in [0.15, 0.2) is 70.7 Å². The first-order valence-corrected chi connectivity index (χ1v) is 11.3. The number of pyridine rings is 2. The number of hydrazine groups is 1. The Morgan fingerprint density at radius 1 is 0.750 bits per heavy atom. The molecule has 0 spiro atoms. The van der Waals surface area contributed by atoms with E-state index in [1.54, 1.807) is 28.5 Å². The highest BCUT2D eigenvalue weighted by molar-refractivity contribution is 7.99. The van der Waals surface area contributed by atoms with Crippen molar-refractivity contribution in [3.8, 4) is 0 Å². The van der Waals surface area contributed by atoms with E-state index in [0.29, 0.717) is 0 Å². The van der Waals surface area contributed by atoms with Crippen molar-refractivity contribution in [2.24, 2.45) is 5.84 Å². The molecule has 0 radical (unpaired) electrons. The number of rotatable bonds is 6. The zero-order valence-electron chi connectivity index (χ0n) is 15.9. The molecule has 4 nitrogen and oxygen atoms in total. The topological polar surface area (TPSA) is 55.0 Å². The van der Waals surface area contributed by atoms with E-state index in [2.05, 4.69) is 35.9 Å². The van der Waals surface area contributed by atoms with E-state index in [4.69, 9.17) is 5.84 Å². The summed E-state index contributed by atoms with van der Waals surface area (Å²) in [5.41, 5.74) is 3.77. The smallest absolute Gasteiger partial charge is 0.0901 e. The molecule has 142 valence electrons. The van der Waals surface area contributed by atoms with Gasteiger partial charge in [-0.1, -0.05) is 50.2 Å². The molecule has 0 aliphatic heterocycles. The van der Waals surface area contributed by atoms with E-state index in [0.717, 1.165) is 54.5 Å². The van der Waals surface area contributed by atoms with Gasteiger partial charge < -0.3 is 0 Å². The molecule has 2 heterocycles. The molecule has 0 aliphatic carbocycles. The van der Waals surface area contributed by atoms with E-state index in [1.807, 2.05) is 48.8 Å². The van der Waals surface area contributed by atoms with Gasteiger partial charge in [0.15, 0.2) is 0 Å². The predicted octanol–water partition coefficient (Wildman–Crippen LogP) is 6.02. The van der Waals surface area contributed by atoms with Crippen molar-refractivity contribution in [2.75, 3.05) is 16.5 Å². The first-order valence-electron chi connectivity index (χ1n) is 9.30. The number of nitrogens with two attached hydrogens (primary N) is 1. The molecule has 28 heavy (non-hydrogen) atoms. The summed E-state index contributed by atoms with van der Waals surface area (Å²) in [5.74, 6) is 8.61. The SMILES string of the molecule is CCSc1c(N(N)c2cnc3ccccc3c2SCC)cnc2ccccc12. The van der Waals surface area contributed by atoms with Crippen LogP contribution in [0.3, 0.4) is 0 Å². The van der Waals surface area contributed by atoms with Gasteiger partial charge in [-0.3, -0.25) is 15.0 Å². The van der Waals surface area contributed by atoms with Crippen LogP contribution in [-0.2, 0) is 0 Å². The summed E-state index contributed by atoms with van der Waals surface area (Å²) < 4.78 is 0. The van der Waals surface area contributed by atoms with Crippen LogP contribution in [0.25, 0.3) is 21.8 Å². The summed E-state index contributed by atoms with van der Waals surface area (Å²) in [5, 5.41) is 4.00. The number of benzene rings is 2. The lowest BCUT2D eigenvalue weighted by Gasteiger charge is -2.24. The minimum atomic E-state index is 0.903. The van der Waals surface area contributed by atoms with E-state index in [-0.39, 0.29) is 0 Å². The van der Waals surface area contributed by atoms with Gasteiger partial charge in [-0.15, -0.1) is 23.5 Å². The zero-order chi connectivity index (χ0) is 19.5. The van der Waals surface area contributed by atoms with Gasteiger partial charge in [0.2, 0.25) is 0 Å². The van der Waals surface area contributed by atoms with Gasteiger partial charge in [0.1, 0.15) is 0 Å². The summed E-state index contributed by atoms with van der Waals surface area (Å²) in [6, 6.07) is 16.4. The van der Waals surface area contributed by atoms with Crippen LogP contribution in [0.5, 0.6) is 0 Å². The van der Waals surface area contributed by atoms with Gasteiger partial charge in [-0.05, 0) is 23.6 Å². The van der Waals surface area contributed by atoms with Gasteiger partial charge in [0.25, 0.3) is 0 Å². The van der Waals surface area contributed by atoms with Gasteiger partial charge in [-0.2, -0.15) is 0 Å². The molecule has 2 aromatic carbocycles. The molecule has 0 saturated heterocycles. The highest BCUT2D eigenvalue weighted by Crippen LogP contribution is 2.41. The summed E-state index contributed by atoms with van der Waals surface area (Å²) in [4.78, 5) is 11.6. The van der Waals surface area contributed by atoms with Crippen LogP contribution in [0.2, 0.25) is 0 Å². The van der Waals surface area contributed by atoms with Crippen LogP contribution in [0.4, 0.5) is 11.4 Å². The second-order valence-electron chi connectivity index (χ2n) is 6.22. The average molecular weight is 407 g/mol. The minimum Gasteiger partial charge on any atom is -0.274 e. The number of para-hydroxylation sites is 2. The fourth-order valence-electron chi connectivity index (χ4n) is 3.28. The van der Waals surface area contributed by atoms with Crippen LogP contribution < -0.4 is 10.9 Å². The first kappa shape index (κ1) is 19.1. The molecule has 6 heteroatoms. The van der Waals surface area contributed by atoms with Crippen LogP contribution >= 0.6 is 23.5 Å². The third-order valence-electron chi connectivity index (χ3n) is 4.51. The predicted molar refractivity (Wildman–Crippen MR) is 123 cm³/mol. The quantitative estimate of drug-likeness (QED) is 0.240. The molecule has 0 unspecified atom stereocenters. The van der Waals surface area contributed by atoms with E-state index < -0.39 is 0 Å². The normalized spacial score (nSPS) is 11.2. The van der Waals surface area contributed by atoms with Crippen molar-refractivity contribution >= 4 is 56.7 Å². The largest absolute Gasteiger partial charge is 0.274 e. The number of aromatic nitrogens is 2. The fourth-order valence-corrected chi connectivity index (χ4v) is 5.11. The number of thioether (sulfide) groups is 2. The Labute approximate surface area is 173 Å². The van der Waals surface area contributed by atoms with E-state index >= 15 is 0 Å². The number of anilines is 2. The zero-order valence-corrected chi connectivity index (χ0v) is 17.6. The average Bonchev–Trinajstić information content (AvgIpc) is 2.74. The number of nitrogens with zero attached hydrogens (tertiary/aromatic N) is 3. The molecular weight excluding hydrogens is 384 g/mol. The second kappa shape index (κ2) is 8.39. The number of fused-ring (bicyclic) bond motifs is 2. The highest BCUT2D eigenvalue weighted by atomic mass is 32.2. The van der Waals surface area contributed by atoms with Crippen molar-refractivity contribution in [3.05, 3.63) is 60.9 Å². The third-order valence-corrected chi connectivity index (χ3v) is 6.52. The standard InChI is InChI=1S/C22H22N4S2/c1-3-27-21-15-9-5-7-11-17(15)24-13-19(21)26(23)20-14-25-18-12-8-6-10-16(18)22(20)28-4-2/h5-14H,3-4,23H2,1-2H3. The summed E-state index contributed by atoms with van der Waals surface area (Å²) in [6.07, 6.45) is 3.74. The Balaban J connectivity index is 1.91. The lowest BCUT2D eigenvalue weighted by molar-refractivity contribution is 1.03. The summed E-state index contributed by atoms with van der Waals surface area (Å²) in [7, 11) is 0. The molecule has 4 aromatic rings. The molecule has 0 aliphatic rings. The van der Waals surface area contributed by atoms with Gasteiger partial charge >= 0.3 is 0 Å².